The Morgan fingerprint density at radius 1 is 1.04 bits per heavy atom. The molecule has 0 fully saturated rings. The summed E-state index contributed by atoms with van der Waals surface area (Å²) in [5.74, 6) is -1.27. The molecule has 0 aliphatic rings. The molecule has 8 nitrogen and oxygen atoms in total. The van der Waals surface area contributed by atoms with E-state index in [2.05, 4.69) is 34.9 Å². The minimum absolute atomic E-state index is 0.0473. The molecule has 1 amide bonds. The zero-order valence-electron chi connectivity index (χ0n) is 16.0. The van der Waals surface area contributed by atoms with E-state index in [1.165, 1.54) is 6.08 Å². The average Bonchev–Trinajstić information content (AvgIpc) is 2.61. The Morgan fingerprint density at radius 3 is 1.77 bits per heavy atom. The first-order valence-electron chi connectivity index (χ1n) is 7.93. The Morgan fingerprint density at radius 2 is 1.50 bits per heavy atom. The second-order valence-corrected chi connectivity index (χ2v) is 4.29. The monoisotopic (exact) mass is 375 g/mol. The van der Waals surface area contributed by atoms with Crippen molar-refractivity contribution in [3.63, 3.8) is 0 Å². The SMILES string of the molecule is C=C(C)C(=O)OCCO.C=CC(=O)OCCCC.C=CC(N)=O.CCO. The van der Waals surface area contributed by atoms with Crippen molar-refractivity contribution in [2.75, 3.05) is 26.4 Å². The van der Waals surface area contributed by atoms with Crippen LogP contribution in [-0.2, 0) is 23.9 Å². The number of nitrogens with two attached hydrogens (primary N) is 1. The van der Waals surface area contributed by atoms with Gasteiger partial charge in [0.05, 0.1) is 13.2 Å². The lowest BCUT2D eigenvalue weighted by molar-refractivity contribution is -0.140. The van der Waals surface area contributed by atoms with Gasteiger partial charge in [-0.25, -0.2) is 9.59 Å². The van der Waals surface area contributed by atoms with Crippen molar-refractivity contribution in [1.29, 1.82) is 0 Å². The molecule has 0 atom stereocenters. The van der Waals surface area contributed by atoms with Crippen LogP contribution in [0.3, 0.4) is 0 Å². The summed E-state index contributed by atoms with van der Waals surface area (Å²) < 4.78 is 9.14. The van der Waals surface area contributed by atoms with Gasteiger partial charge < -0.3 is 25.4 Å². The van der Waals surface area contributed by atoms with Gasteiger partial charge in [-0.1, -0.05) is 33.1 Å². The molecule has 0 aliphatic heterocycles. The summed E-state index contributed by atoms with van der Waals surface area (Å²) in [7, 11) is 0. The third-order valence-corrected chi connectivity index (χ3v) is 1.78. The van der Waals surface area contributed by atoms with Gasteiger partial charge >= 0.3 is 11.9 Å². The van der Waals surface area contributed by atoms with Crippen LogP contribution in [0, 0.1) is 0 Å². The number of ether oxygens (including phenoxy) is 2. The van der Waals surface area contributed by atoms with E-state index < -0.39 is 11.9 Å². The maximum Gasteiger partial charge on any atom is 0.333 e. The molecule has 152 valence electrons. The van der Waals surface area contributed by atoms with Gasteiger partial charge in [-0.15, -0.1) is 0 Å². The van der Waals surface area contributed by atoms with Crippen molar-refractivity contribution in [1.82, 2.24) is 0 Å². The molecule has 8 heteroatoms. The molecule has 0 radical (unpaired) electrons. The van der Waals surface area contributed by atoms with Crippen molar-refractivity contribution in [3.8, 4) is 0 Å². The highest BCUT2D eigenvalue weighted by atomic mass is 16.5. The van der Waals surface area contributed by atoms with E-state index in [4.69, 9.17) is 10.2 Å². The number of rotatable bonds is 8. The fourth-order valence-electron chi connectivity index (χ4n) is 0.638. The van der Waals surface area contributed by atoms with Gasteiger partial charge in [0.25, 0.3) is 0 Å². The number of carbonyl (C=O) groups is 3. The third kappa shape index (κ3) is 43.0. The zero-order chi connectivity index (χ0) is 21.4. The highest BCUT2D eigenvalue weighted by molar-refractivity contribution is 5.86. The van der Waals surface area contributed by atoms with Crippen LogP contribution in [0.15, 0.2) is 37.5 Å². The molecule has 0 heterocycles. The number of primary amides is 1. The lowest BCUT2D eigenvalue weighted by Crippen LogP contribution is -2.08. The summed E-state index contributed by atoms with van der Waals surface area (Å²) >= 11 is 0. The summed E-state index contributed by atoms with van der Waals surface area (Å²) in [6.07, 6.45) is 4.21. The standard InChI is InChI=1S/C7H12O2.C6H10O3.C3H5NO.C2H6O/c1-3-5-6-9-7(8)4-2;1-5(2)6(8)9-4-3-7;1-2-3(4)5;1-2-3/h4H,2-3,5-6H2,1H3;7H,1,3-4H2,2H3;2H,1H2,(H2,4,5);3H,2H2,1H3. The van der Waals surface area contributed by atoms with Crippen LogP contribution in [0.5, 0.6) is 0 Å². The summed E-state index contributed by atoms with van der Waals surface area (Å²) in [6.45, 7) is 15.7. The maximum absolute atomic E-state index is 10.5. The molecule has 0 unspecified atom stereocenters. The van der Waals surface area contributed by atoms with Crippen LogP contribution in [0.4, 0.5) is 0 Å². The van der Waals surface area contributed by atoms with E-state index in [0.29, 0.717) is 12.2 Å². The van der Waals surface area contributed by atoms with Crippen molar-refractivity contribution in [2.24, 2.45) is 5.73 Å². The molecule has 0 aliphatic carbocycles. The Bertz CT molecular complexity index is 404. The van der Waals surface area contributed by atoms with Gasteiger partial charge in [0.15, 0.2) is 0 Å². The second kappa shape index (κ2) is 27.4. The fourth-order valence-corrected chi connectivity index (χ4v) is 0.638. The Kier molecular flexibility index (Phi) is 33.0. The molecule has 0 saturated carbocycles. The summed E-state index contributed by atoms with van der Waals surface area (Å²) in [5, 5.41) is 15.8. The first kappa shape index (κ1) is 31.3. The number of hydrogen-bond donors (Lipinski definition) is 3. The fraction of sp³-hybridized carbons (Fsp3) is 0.500. The molecule has 4 N–H and O–H groups in total. The van der Waals surface area contributed by atoms with E-state index in [1.807, 2.05) is 6.92 Å². The first-order valence-corrected chi connectivity index (χ1v) is 7.93. The number of carbonyl (C=O) groups excluding carboxylic acids is 3. The number of esters is 2. The third-order valence-electron chi connectivity index (χ3n) is 1.78. The molecule has 0 spiro atoms. The van der Waals surface area contributed by atoms with Gasteiger partial charge in [-0.3, -0.25) is 4.79 Å². The van der Waals surface area contributed by atoms with Crippen LogP contribution in [0.2, 0.25) is 0 Å². The normalized spacial score (nSPS) is 7.88. The van der Waals surface area contributed by atoms with Gasteiger partial charge in [0, 0.05) is 18.3 Å². The predicted octanol–water partition coefficient (Wildman–Crippen LogP) is 1.27. The summed E-state index contributed by atoms with van der Waals surface area (Å²) in [6, 6.07) is 0. The number of aliphatic hydroxyl groups is 2. The molecule has 26 heavy (non-hydrogen) atoms. The van der Waals surface area contributed by atoms with Gasteiger partial charge in [-0.05, 0) is 26.3 Å². The molecule has 0 aromatic heterocycles. The van der Waals surface area contributed by atoms with Crippen LogP contribution in [0.1, 0.15) is 33.6 Å². The highest BCUT2D eigenvalue weighted by Crippen LogP contribution is 1.90. The Balaban J connectivity index is -0.000000134. The van der Waals surface area contributed by atoms with E-state index in [-0.39, 0.29) is 25.8 Å². The number of amides is 1. The van der Waals surface area contributed by atoms with E-state index in [0.717, 1.165) is 18.9 Å². The topological polar surface area (TPSA) is 136 Å². The van der Waals surface area contributed by atoms with Crippen molar-refractivity contribution in [2.45, 2.75) is 33.6 Å². The van der Waals surface area contributed by atoms with E-state index in [1.54, 1.807) is 13.8 Å². The van der Waals surface area contributed by atoms with Crippen molar-refractivity contribution in [3.05, 3.63) is 37.5 Å². The molecular weight excluding hydrogens is 342 g/mol. The van der Waals surface area contributed by atoms with Gasteiger partial charge in [0.1, 0.15) is 6.61 Å². The van der Waals surface area contributed by atoms with Crippen LogP contribution in [-0.4, -0.2) is 54.5 Å². The molecule has 0 saturated heterocycles. The maximum atomic E-state index is 10.5. The van der Waals surface area contributed by atoms with Gasteiger partial charge in [-0.2, -0.15) is 0 Å². The van der Waals surface area contributed by atoms with E-state index >= 15 is 0 Å². The van der Waals surface area contributed by atoms with Crippen molar-refractivity contribution < 1.29 is 34.1 Å². The summed E-state index contributed by atoms with van der Waals surface area (Å²) in [4.78, 5) is 30.3. The van der Waals surface area contributed by atoms with Crippen molar-refractivity contribution >= 4 is 17.8 Å². The number of hydrogen-bond acceptors (Lipinski definition) is 7. The molecule has 0 rings (SSSR count). The van der Waals surface area contributed by atoms with Crippen LogP contribution in [0.25, 0.3) is 0 Å². The minimum Gasteiger partial charge on any atom is -0.463 e. The summed E-state index contributed by atoms with van der Waals surface area (Å²) in [5.41, 5.74) is 4.89. The Hall–Kier alpha value is -2.45. The first-order chi connectivity index (χ1) is 12.2. The molecule has 0 aromatic carbocycles. The zero-order valence-corrected chi connectivity index (χ0v) is 16.0. The molecular formula is C18H33NO7. The minimum atomic E-state index is -0.481. The highest BCUT2D eigenvalue weighted by Gasteiger charge is 1.99. The molecule has 0 bridgehead atoms. The lowest BCUT2D eigenvalue weighted by atomic mass is 10.4. The second-order valence-electron chi connectivity index (χ2n) is 4.29. The largest absolute Gasteiger partial charge is 0.463 e. The lowest BCUT2D eigenvalue weighted by Gasteiger charge is -1.99. The predicted molar refractivity (Wildman–Crippen MR) is 101 cm³/mol. The van der Waals surface area contributed by atoms with Gasteiger partial charge in [0.2, 0.25) is 5.91 Å². The number of aliphatic hydroxyl groups excluding tert-OH is 2. The smallest absolute Gasteiger partial charge is 0.333 e. The molecule has 0 aromatic rings. The van der Waals surface area contributed by atoms with Crippen LogP contribution >= 0.6 is 0 Å². The quantitative estimate of drug-likeness (QED) is 0.330. The number of unbranched alkanes of at least 4 members (excludes halogenated alkanes) is 1. The van der Waals surface area contributed by atoms with E-state index in [9.17, 15) is 14.4 Å². The van der Waals surface area contributed by atoms with Crippen LogP contribution < -0.4 is 5.73 Å². The Labute approximate surface area is 156 Å². The average molecular weight is 375 g/mol.